The van der Waals surface area contributed by atoms with Crippen LogP contribution in [0.25, 0.3) is 0 Å². The van der Waals surface area contributed by atoms with Crippen LogP contribution in [0.5, 0.6) is 0 Å². The number of thiazole rings is 1. The average molecular weight is 289 g/mol. The first-order chi connectivity index (χ1) is 9.72. The van der Waals surface area contributed by atoms with Gasteiger partial charge in [0, 0.05) is 23.9 Å². The summed E-state index contributed by atoms with van der Waals surface area (Å²) < 4.78 is 5.84. The van der Waals surface area contributed by atoms with E-state index in [0.717, 1.165) is 23.7 Å². The van der Waals surface area contributed by atoms with Gasteiger partial charge in [0.05, 0.1) is 23.8 Å². The zero-order valence-corrected chi connectivity index (χ0v) is 12.4. The summed E-state index contributed by atoms with van der Waals surface area (Å²) in [6, 6.07) is 8.37. The number of aliphatic hydroxyl groups excluding tert-OH is 1. The molecule has 1 aliphatic heterocycles. The van der Waals surface area contributed by atoms with E-state index >= 15 is 0 Å². The van der Waals surface area contributed by atoms with Crippen molar-refractivity contribution in [1.29, 1.82) is 0 Å². The smallest absolute Gasteiger partial charge is 0.0953 e. The lowest BCUT2D eigenvalue weighted by Crippen LogP contribution is -2.22. The molecule has 4 heteroatoms. The van der Waals surface area contributed by atoms with Gasteiger partial charge in [-0.05, 0) is 24.5 Å². The highest BCUT2D eigenvalue weighted by Crippen LogP contribution is 2.31. The Balaban J connectivity index is 1.66. The minimum Gasteiger partial charge on any atom is -0.393 e. The fourth-order valence-corrected chi connectivity index (χ4v) is 3.54. The Kier molecular flexibility index (Phi) is 4.15. The molecule has 1 aliphatic rings. The van der Waals surface area contributed by atoms with Gasteiger partial charge in [-0.1, -0.05) is 24.3 Å². The number of nitrogens with zero attached hydrogens (tertiary/aromatic N) is 1. The quantitative estimate of drug-likeness (QED) is 0.940. The van der Waals surface area contributed by atoms with Gasteiger partial charge in [-0.15, -0.1) is 11.3 Å². The maximum Gasteiger partial charge on any atom is 0.0953 e. The molecule has 2 unspecified atom stereocenters. The Labute approximate surface area is 123 Å². The number of rotatable bonds is 4. The minimum absolute atomic E-state index is 0.0102. The largest absolute Gasteiger partial charge is 0.393 e. The van der Waals surface area contributed by atoms with Gasteiger partial charge in [-0.3, -0.25) is 0 Å². The van der Waals surface area contributed by atoms with Gasteiger partial charge in [-0.25, -0.2) is 4.98 Å². The van der Waals surface area contributed by atoms with E-state index in [1.54, 1.807) is 11.3 Å². The highest BCUT2D eigenvalue weighted by molar-refractivity contribution is 7.09. The highest BCUT2D eigenvalue weighted by atomic mass is 32.1. The third-order valence-corrected chi connectivity index (χ3v) is 4.64. The monoisotopic (exact) mass is 289 g/mol. The molecule has 20 heavy (non-hydrogen) atoms. The van der Waals surface area contributed by atoms with Crippen molar-refractivity contribution >= 4 is 11.3 Å². The predicted octanol–water partition coefficient (Wildman–Crippen LogP) is 3.06. The van der Waals surface area contributed by atoms with Gasteiger partial charge in [0.15, 0.2) is 0 Å². The fourth-order valence-electron chi connectivity index (χ4n) is 2.70. The molecule has 0 radical (unpaired) electrons. The maximum absolute atomic E-state index is 10.3. The zero-order valence-electron chi connectivity index (χ0n) is 11.6. The van der Waals surface area contributed by atoms with Gasteiger partial charge < -0.3 is 9.84 Å². The van der Waals surface area contributed by atoms with Crippen LogP contribution < -0.4 is 0 Å². The van der Waals surface area contributed by atoms with Crippen LogP contribution in [0.15, 0.2) is 29.6 Å². The second kappa shape index (κ2) is 6.04. The van der Waals surface area contributed by atoms with E-state index in [-0.39, 0.29) is 6.10 Å². The highest BCUT2D eigenvalue weighted by Gasteiger charge is 2.23. The molecule has 0 aliphatic carbocycles. The van der Waals surface area contributed by atoms with Crippen molar-refractivity contribution in [2.75, 3.05) is 6.61 Å². The van der Waals surface area contributed by atoms with E-state index < -0.39 is 6.10 Å². The van der Waals surface area contributed by atoms with Gasteiger partial charge in [0.2, 0.25) is 0 Å². The summed E-state index contributed by atoms with van der Waals surface area (Å²) in [6.07, 6.45) is 1.82. The first kappa shape index (κ1) is 13.7. The molecule has 106 valence electrons. The van der Waals surface area contributed by atoms with Crippen LogP contribution in [0, 0.1) is 6.92 Å². The molecule has 0 fully saturated rings. The van der Waals surface area contributed by atoms with Crippen LogP contribution in [0.1, 0.15) is 34.4 Å². The van der Waals surface area contributed by atoms with Crippen LogP contribution in [0.3, 0.4) is 0 Å². The van der Waals surface area contributed by atoms with Crippen molar-refractivity contribution in [3.05, 3.63) is 51.5 Å². The standard InChI is InChI=1S/C16H19NO2S/c1-11-10-20-16(17-11)9-13(18)8-15-14-5-3-2-4-12(14)6-7-19-15/h2-5,10,13,15,18H,6-9H2,1H3. The van der Waals surface area contributed by atoms with Gasteiger partial charge >= 0.3 is 0 Å². The first-order valence-electron chi connectivity index (χ1n) is 7.01. The third-order valence-electron chi connectivity index (χ3n) is 3.66. The molecule has 3 nitrogen and oxygen atoms in total. The van der Waals surface area contributed by atoms with Crippen LogP contribution in [0.2, 0.25) is 0 Å². The summed E-state index contributed by atoms with van der Waals surface area (Å²) in [7, 11) is 0. The molecule has 0 saturated carbocycles. The number of aromatic nitrogens is 1. The van der Waals surface area contributed by atoms with Crippen molar-refractivity contribution < 1.29 is 9.84 Å². The SMILES string of the molecule is Cc1csc(CC(O)CC2OCCc3ccccc32)n1. The molecule has 0 spiro atoms. The summed E-state index contributed by atoms with van der Waals surface area (Å²) in [5, 5.41) is 13.3. The molecule has 2 aromatic rings. The number of aryl methyl sites for hydroxylation is 1. The van der Waals surface area contributed by atoms with E-state index in [1.807, 2.05) is 18.4 Å². The number of fused-ring (bicyclic) bond motifs is 1. The maximum atomic E-state index is 10.3. The Morgan fingerprint density at radius 3 is 3.10 bits per heavy atom. The van der Waals surface area contributed by atoms with Crippen molar-refractivity contribution in [3.8, 4) is 0 Å². The Morgan fingerprint density at radius 1 is 1.45 bits per heavy atom. The molecule has 1 aromatic heterocycles. The second-order valence-electron chi connectivity index (χ2n) is 5.28. The molecule has 0 saturated heterocycles. The number of hydrogen-bond donors (Lipinski definition) is 1. The number of benzene rings is 1. The van der Waals surface area contributed by atoms with Crippen molar-refractivity contribution in [2.24, 2.45) is 0 Å². The van der Waals surface area contributed by atoms with Gasteiger partial charge in [0.25, 0.3) is 0 Å². The summed E-state index contributed by atoms with van der Waals surface area (Å²) in [6.45, 7) is 2.72. The van der Waals surface area contributed by atoms with Crippen molar-refractivity contribution in [1.82, 2.24) is 4.98 Å². The van der Waals surface area contributed by atoms with Crippen LogP contribution in [-0.4, -0.2) is 22.8 Å². The summed E-state index contributed by atoms with van der Waals surface area (Å²) in [5.74, 6) is 0. The van der Waals surface area contributed by atoms with Gasteiger partial charge in [-0.2, -0.15) is 0 Å². The molecular weight excluding hydrogens is 270 g/mol. The number of hydrogen-bond acceptors (Lipinski definition) is 4. The predicted molar refractivity (Wildman–Crippen MR) is 80.0 cm³/mol. The van der Waals surface area contributed by atoms with Crippen LogP contribution in [-0.2, 0) is 17.6 Å². The average Bonchev–Trinajstić information content (AvgIpc) is 2.84. The van der Waals surface area contributed by atoms with Crippen molar-refractivity contribution in [3.63, 3.8) is 0 Å². The molecule has 0 bridgehead atoms. The zero-order chi connectivity index (χ0) is 13.9. The van der Waals surface area contributed by atoms with E-state index in [1.165, 1.54) is 11.1 Å². The summed E-state index contributed by atoms with van der Waals surface area (Å²) in [4.78, 5) is 4.41. The van der Waals surface area contributed by atoms with Crippen molar-refractivity contribution in [2.45, 2.75) is 38.4 Å². The molecule has 2 heterocycles. The van der Waals surface area contributed by atoms with Crippen LogP contribution >= 0.6 is 11.3 Å². The van der Waals surface area contributed by atoms with E-state index in [9.17, 15) is 5.11 Å². The third kappa shape index (κ3) is 3.08. The van der Waals surface area contributed by atoms with E-state index in [0.29, 0.717) is 12.8 Å². The molecule has 2 atom stereocenters. The topological polar surface area (TPSA) is 42.4 Å². The molecule has 1 aromatic carbocycles. The molecule has 1 N–H and O–H groups in total. The normalized spacial score (nSPS) is 19.6. The number of aliphatic hydroxyl groups is 1. The molecule has 0 amide bonds. The minimum atomic E-state index is -0.406. The Bertz CT molecular complexity index is 581. The van der Waals surface area contributed by atoms with Gasteiger partial charge in [0.1, 0.15) is 0 Å². The number of ether oxygens (including phenoxy) is 1. The summed E-state index contributed by atoms with van der Waals surface area (Å²) >= 11 is 1.61. The summed E-state index contributed by atoms with van der Waals surface area (Å²) in [5.41, 5.74) is 3.60. The lowest BCUT2D eigenvalue weighted by atomic mass is 9.94. The first-order valence-corrected chi connectivity index (χ1v) is 7.89. The van der Waals surface area contributed by atoms with Crippen LogP contribution in [0.4, 0.5) is 0 Å². The lowest BCUT2D eigenvalue weighted by molar-refractivity contribution is 0.00455. The molecular formula is C16H19NO2S. The fraction of sp³-hybridized carbons (Fsp3) is 0.438. The Hall–Kier alpha value is -1.23. The Morgan fingerprint density at radius 2 is 2.30 bits per heavy atom. The second-order valence-corrected chi connectivity index (χ2v) is 6.23. The molecule has 3 rings (SSSR count). The lowest BCUT2D eigenvalue weighted by Gasteiger charge is -2.27. The van der Waals surface area contributed by atoms with E-state index in [2.05, 4.69) is 23.2 Å². The van der Waals surface area contributed by atoms with E-state index in [4.69, 9.17) is 4.74 Å².